The number of ketones is 1. The molecule has 0 spiro atoms. The molecule has 64 valence electrons. The van der Waals surface area contributed by atoms with Crippen LogP contribution in [0.5, 0.6) is 0 Å². The van der Waals surface area contributed by atoms with Crippen molar-refractivity contribution in [2.45, 2.75) is 38.5 Å². The van der Waals surface area contributed by atoms with Crippen LogP contribution < -0.4 is 0 Å². The maximum absolute atomic E-state index is 11.5. The highest BCUT2D eigenvalue weighted by Gasteiger charge is 2.46. The lowest BCUT2D eigenvalue weighted by atomic mass is 9.64. The summed E-state index contributed by atoms with van der Waals surface area (Å²) in [7, 11) is 0. The summed E-state index contributed by atoms with van der Waals surface area (Å²) >= 11 is 0. The third-order valence-electron chi connectivity index (χ3n) is 3.83. The summed E-state index contributed by atoms with van der Waals surface area (Å²) in [6.45, 7) is 0. The summed E-state index contributed by atoms with van der Waals surface area (Å²) in [5.74, 6) is 2.05. The Morgan fingerprint density at radius 2 is 1.83 bits per heavy atom. The molecule has 12 heavy (non-hydrogen) atoms. The van der Waals surface area contributed by atoms with E-state index in [-0.39, 0.29) is 0 Å². The Bertz CT molecular complexity index is 275. The van der Waals surface area contributed by atoms with Crippen molar-refractivity contribution in [2.75, 3.05) is 0 Å². The van der Waals surface area contributed by atoms with E-state index >= 15 is 0 Å². The molecule has 2 atom stereocenters. The largest absolute Gasteiger partial charge is 0.295 e. The van der Waals surface area contributed by atoms with E-state index in [1.54, 1.807) is 5.57 Å². The summed E-state index contributed by atoms with van der Waals surface area (Å²) in [5.41, 5.74) is 2.84. The first-order valence-electron chi connectivity index (χ1n) is 5.14. The number of carbonyl (C=O) groups excluding carboxylic acids is 1. The Morgan fingerprint density at radius 3 is 2.75 bits per heavy atom. The van der Waals surface area contributed by atoms with Gasteiger partial charge in [0.1, 0.15) is 0 Å². The predicted molar refractivity (Wildman–Crippen MR) is 46.7 cm³/mol. The number of hydrogen-bond donors (Lipinski definition) is 0. The zero-order chi connectivity index (χ0) is 8.13. The topological polar surface area (TPSA) is 17.1 Å². The third kappa shape index (κ3) is 0.675. The highest BCUT2D eigenvalue weighted by atomic mass is 16.1. The number of allylic oxidation sites excluding steroid dienone is 2. The summed E-state index contributed by atoms with van der Waals surface area (Å²) < 4.78 is 0. The first-order valence-corrected chi connectivity index (χ1v) is 5.14. The van der Waals surface area contributed by atoms with Crippen LogP contribution in [0.15, 0.2) is 11.1 Å². The number of Topliss-reactive ketones (excluding diaryl/α,β-unsaturated/α-hetero) is 1. The maximum Gasteiger partial charge on any atom is 0.159 e. The minimum atomic E-state index is 0.486. The maximum atomic E-state index is 11.5. The Kier molecular flexibility index (Phi) is 1.27. The van der Waals surface area contributed by atoms with E-state index in [0.29, 0.717) is 11.7 Å². The monoisotopic (exact) mass is 162 g/mol. The van der Waals surface area contributed by atoms with Crippen molar-refractivity contribution in [3.63, 3.8) is 0 Å². The van der Waals surface area contributed by atoms with Crippen LogP contribution in [0.1, 0.15) is 38.5 Å². The quantitative estimate of drug-likeness (QED) is 0.534. The van der Waals surface area contributed by atoms with Crippen molar-refractivity contribution in [1.29, 1.82) is 0 Å². The van der Waals surface area contributed by atoms with Gasteiger partial charge in [0.05, 0.1) is 0 Å². The van der Waals surface area contributed by atoms with Crippen molar-refractivity contribution < 1.29 is 4.79 Å². The third-order valence-corrected chi connectivity index (χ3v) is 3.83. The van der Waals surface area contributed by atoms with Crippen molar-refractivity contribution in [3.8, 4) is 0 Å². The van der Waals surface area contributed by atoms with Crippen LogP contribution in [-0.4, -0.2) is 5.78 Å². The molecular weight excluding hydrogens is 148 g/mol. The fourth-order valence-electron chi connectivity index (χ4n) is 3.34. The highest BCUT2D eigenvalue weighted by Crippen LogP contribution is 2.54. The molecule has 3 aliphatic carbocycles. The molecule has 0 aromatic rings. The van der Waals surface area contributed by atoms with Crippen LogP contribution >= 0.6 is 0 Å². The van der Waals surface area contributed by atoms with Gasteiger partial charge in [0, 0.05) is 6.42 Å². The molecule has 0 N–H and O–H groups in total. The summed E-state index contributed by atoms with van der Waals surface area (Å²) in [5, 5.41) is 0. The minimum Gasteiger partial charge on any atom is -0.295 e. The molecule has 1 fully saturated rings. The van der Waals surface area contributed by atoms with Crippen LogP contribution in [0.25, 0.3) is 0 Å². The van der Waals surface area contributed by atoms with Crippen LogP contribution in [-0.2, 0) is 4.79 Å². The zero-order valence-corrected chi connectivity index (χ0v) is 7.31. The average Bonchev–Trinajstić information content (AvgIpc) is 2.43. The Labute approximate surface area is 72.8 Å². The molecule has 2 unspecified atom stereocenters. The molecule has 1 heteroatoms. The fraction of sp³-hybridized carbons (Fsp3) is 0.727. The minimum absolute atomic E-state index is 0.486. The van der Waals surface area contributed by atoms with Gasteiger partial charge in [-0.1, -0.05) is 12.0 Å². The smallest absolute Gasteiger partial charge is 0.159 e. The average molecular weight is 162 g/mol. The number of fused-ring (bicyclic) bond motifs is 3. The van der Waals surface area contributed by atoms with Gasteiger partial charge in [0.15, 0.2) is 5.78 Å². The van der Waals surface area contributed by atoms with Crippen molar-refractivity contribution in [3.05, 3.63) is 11.1 Å². The molecule has 0 aromatic carbocycles. The summed E-state index contributed by atoms with van der Waals surface area (Å²) in [6.07, 6.45) is 7.23. The molecule has 0 bridgehead atoms. The standard InChI is InChI=1S/C11H14O/c12-10-6-2-5-9-7-3-1-4-8(7)11(9)10/h7-8H,1-6H2. The lowest BCUT2D eigenvalue weighted by molar-refractivity contribution is -0.117. The highest BCUT2D eigenvalue weighted by molar-refractivity contribution is 5.99. The van der Waals surface area contributed by atoms with Gasteiger partial charge in [-0.3, -0.25) is 4.79 Å². The van der Waals surface area contributed by atoms with E-state index in [1.807, 2.05) is 0 Å². The molecular formula is C11H14O. The van der Waals surface area contributed by atoms with Crippen LogP contribution in [0, 0.1) is 11.8 Å². The fourth-order valence-corrected chi connectivity index (χ4v) is 3.34. The molecule has 3 rings (SSSR count). The summed E-state index contributed by atoms with van der Waals surface area (Å²) in [6, 6.07) is 0. The lowest BCUT2D eigenvalue weighted by Gasteiger charge is -2.39. The zero-order valence-electron chi connectivity index (χ0n) is 7.31. The van der Waals surface area contributed by atoms with Gasteiger partial charge in [-0.25, -0.2) is 0 Å². The normalized spacial score (nSPS) is 39.2. The predicted octanol–water partition coefficient (Wildman–Crippen LogP) is 2.47. The van der Waals surface area contributed by atoms with Crippen LogP contribution in [0.3, 0.4) is 0 Å². The first-order chi connectivity index (χ1) is 5.88. The second-order valence-electron chi connectivity index (χ2n) is 4.36. The van der Waals surface area contributed by atoms with E-state index in [4.69, 9.17) is 0 Å². The second-order valence-corrected chi connectivity index (χ2v) is 4.36. The Morgan fingerprint density at radius 1 is 1.00 bits per heavy atom. The van der Waals surface area contributed by atoms with E-state index in [2.05, 4.69) is 0 Å². The van der Waals surface area contributed by atoms with E-state index < -0.39 is 0 Å². The van der Waals surface area contributed by atoms with Crippen LogP contribution in [0.2, 0.25) is 0 Å². The van der Waals surface area contributed by atoms with Crippen molar-refractivity contribution >= 4 is 5.78 Å². The molecule has 0 radical (unpaired) electrons. The Hall–Kier alpha value is -0.590. The van der Waals surface area contributed by atoms with Crippen molar-refractivity contribution in [1.82, 2.24) is 0 Å². The molecule has 1 nitrogen and oxygen atoms in total. The van der Waals surface area contributed by atoms with Crippen LogP contribution in [0.4, 0.5) is 0 Å². The molecule has 0 heterocycles. The molecule has 0 aliphatic heterocycles. The summed E-state index contributed by atoms with van der Waals surface area (Å²) in [4.78, 5) is 11.5. The van der Waals surface area contributed by atoms with E-state index in [0.717, 1.165) is 18.8 Å². The first kappa shape index (κ1) is 6.88. The van der Waals surface area contributed by atoms with Gasteiger partial charge < -0.3 is 0 Å². The van der Waals surface area contributed by atoms with Crippen molar-refractivity contribution in [2.24, 2.45) is 11.8 Å². The van der Waals surface area contributed by atoms with E-state index in [9.17, 15) is 4.79 Å². The van der Waals surface area contributed by atoms with Gasteiger partial charge in [0.2, 0.25) is 0 Å². The van der Waals surface area contributed by atoms with Gasteiger partial charge in [-0.15, -0.1) is 0 Å². The Balaban J connectivity index is 2.00. The van der Waals surface area contributed by atoms with E-state index in [1.165, 1.54) is 31.3 Å². The molecule has 0 amide bonds. The molecule has 1 saturated carbocycles. The number of rotatable bonds is 0. The molecule has 0 aromatic heterocycles. The number of carbonyl (C=O) groups is 1. The second kappa shape index (κ2) is 2.21. The SMILES string of the molecule is O=C1CCCC2=C1C1CCCC21. The van der Waals surface area contributed by atoms with Gasteiger partial charge in [0.25, 0.3) is 0 Å². The van der Waals surface area contributed by atoms with Gasteiger partial charge >= 0.3 is 0 Å². The molecule has 0 saturated heterocycles. The lowest BCUT2D eigenvalue weighted by Crippen LogP contribution is -2.33. The number of hydrogen-bond acceptors (Lipinski definition) is 1. The van der Waals surface area contributed by atoms with Gasteiger partial charge in [-0.05, 0) is 43.1 Å². The van der Waals surface area contributed by atoms with Gasteiger partial charge in [-0.2, -0.15) is 0 Å². The molecule has 3 aliphatic rings.